The monoisotopic (exact) mass is 148 g/mol. The predicted molar refractivity (Wildman–Crippen MR) is 47.0 cm³/mol. The van der Waals surface area contributed by atoms with Crippen molar-refractivity contribution in [3.8, 4) is 0 Å². The lowest BCUT2D eigenvalue weighted by atomic mass is 10.1. The van der Waals surface area contributed by atoms with E-state index in [4.69, 9.17) is 5.73 Å². The van der Waals surface area contributed by atoms with Gasteiger partial charge >= 0.3 is 0 Å². The fourth-order valence-electron chi connectivity index (χ4n) is 0.950. The summed E-state index contributed by atoms with van der Waals surface area (Å²) in [5.41, 5.74) is 8.59. The second kappa shape index (κ2) is 3.30. The zero-order chi connectivity index (χ0) is 8.27. The highest BCUT2D eigenvalue weighted by Crippen LogP contribution is 2.08. The van der Waals surface area contributed by atoms with Crippen molar-refractivity contribution in [2.24, 2.45) is 5.73 Å². The highest BCUT2D eigenvalue weighted by Gasteiger charge is 1.95. The molecule has 0 fully saturated rings. The summed E-state index contributed by atoms with van der Waals surface area (Å²) >= 11 is 0. The van der Waals surface area contributed by atoms with Crippen molar-refractivity contribution in [2.75, 3.05) is 0 Å². The minimum Gasteiger partial charge on any atom is -0.325 e. The maximum absolute atomic E-state index is 5.42. The van der Waals surface area contributed by atoms with E-state index in [1.165, 1.54) is 5.56 Å². The molecule has 0 saturated carbocycles. The predicted octanol–water partition coefficient (Wildman–Crippen LogP) is 1.49. The second-order valence-electron chi connectivity index (χ2n) is 2.44. The van der Waals surface area contributed by atoms with Crippen LogP contribution >= 0.6 is 0 Å². The number of hydrogen-bond acceptors (Lipinski definition) is 2. The van der Waals surface area contributed by atoms with Crippen LogP contribution in [0.2, 0.25) is 0 Å². The summed E-state index contributed by atoms with van der Waals surface area (Å²) in [7, 11) is 0. The van der Waals surface area contributed by atoms with Crippen molar-refractivity contribution in [2.45, 2.75) is 13.5 Å². The molecule has 1 aromatic rings. The molecule has 0 spiro atoms. The zero-order valence-corrected chi connectivity index (χ0v) is 6.67. The number of aryl methyl sites for hydroxylation is 1. The summed E-state index contributed by atoms with van der Waals surface area (Å²) in [5.74, 6) is 0. The van der Waals surface area contributed by atoms with Crippen molar-refractivity contribution in [3.05, 3.63) is 35.7 Å². The van der Waals surface area contributed by atoms with Gasteiger partial charge in [-0.1, -0.05) is 12.7 Å². The number of nitrogens with two attached hydrogens (primary N) is 1. The van der Waals surface area contributed by atoms with Gasteiger partial charge in [-0.25, -0.2) is 0 Å². The Morgan fingerprint density at radius 1 is 1.73 bits per heavy atom. The van der Waals surface area contributed by atoms with E-state index in [2.05, 4.69) is 11.6 Å². The number of nitrogens with zero attached hydrogens (tertiary/aromatic N) is 1. The number of hydrogen-bond donors (Lipinski definition) is 1. The largest absolute Gasteiger partial charge is 0.325 e. The van der Waals surface area contributed by atoms with Crippen LogP contribution in [-0.4, -0.2) is 4.98 Å². The average Bonchev–Trinajstić information content (AvgIpc) is 2.04. The van der Waals surface area contributed by atoms with Gasteiger partial charge in [-0.15, -0.1) is 0 Å². The third kappa shape index (κ3) is 1.65. The van der Waals surface area contributed by atoms with Crippen LogP contribution in [0.4, 0.5) is 0 Å². The van der Waals surface area contributed by atoms with Gasteiger partial charge in [-0.3, -0.25) is 4.98 Å². The molecule has 0 saturated heterocycles. The van der Waals surface area contributed by atoms with Gasteiger partial charge < -0.3 is 5.73 Å². The van der Waals surface area contributed by atoms with Gasteiger partial charge in [0.1, 0.15) is 0 Å². The Morgan fingerprint density at radius 2 is 2.45 bits per heavy atom. The van der Waals surface area contributed by atoms with E-state index in [9.17, 15) is 0 Å². The van der Waals surface area contributed by atoms with Crippen LogP contribution < -0.4 is 5.73 Å². The summed E-state index contributed by atoms with van der Waals surface area (Å²) in [5, 5.41) is 0. The molecule has 1 rings (SSSR count). The molecular weight excluding hydrogens is 136 g/mol. The van der Waals surface area contributed by atoms with Crippen molar-refractivity contribution >= 4 is 6.08 Å². The molecule has 0 amide bonds. The van der Waals surface area contributed by atoms with Crippen LogP contribution in [0.15, 0.2) is 18.8 Å². The summed E-state index contributed by atoms with van der Waals surface area (Å²) < 4.78 is 0. The van der Waals surface area contributed by atoms with Crippen LogP contribution in [0.1, 0.15) is 16.8 Å². The molecule has 0 radical (unpaired) electrons. The number of aromatic nitrogens is 1. The highest BCUT2D eigenvalue weighted by molar-refractivity contribution is 5.50. The average molecular weight is 148 g/mol. The van der Waals surface area contributed by atoms with E-state index in [1.807, 2.05) is 13.0 Å². The SMILES string of the molecule is C=Cc1cnc(CN)cc1C. The van der Waals surface area contributed by atoms with Gasteiger partial charge in [0.25, 0.3) is 0 Å². The molecule has 0 aliphatic rings. The first-order valence-corrected chi connectivity index (χ1v) is 3.56. The van der Waals surface area contributed by atoms with Crippen molar-refractivity contribution in [3.63, 3.8) is 0 Å². The minimum absolute atomic E-state index is 0.498. The van der Waals surface area contributed by atoms with Gasteiger partial charge in [0.05, 0.1) is 5.69 Å². The van der Waals surface area contributed by atoms with E-state index in [1.54, 1.807) is 12.3 Å². The van der Waals surface area contributed by atoms with Gasteiger partial charge in [0.15, 0.2) is 0 Å². The molecule has 1 aromatic heterocycles. The lowest BCUT2D eigenvalue weighted by Crippen LogP contribution is -2.00. The molecule has 0 bridgehead atoms. The molecule has 0 unspecified atom stereocenters. The minimum atomic E-state index is 0.498. The molecule has 0 aliphatic heterocycles. The van der Waals surface area contributed by atoms with E-state index < -0.39 is 0 Å². The Morgan fingerprint density at radius 3 is 2.91 bits per heavy atom. The molecule has 11 heavy (non-hydrogen) atoms. The smallest absolute Gasteiger partial charge is 0.0542 e. The van der Waals surface area contributed by atoms with Crippen molar-refractivity contribution in [1.82, 2.24) is 4.98 Å². The van der Waals surface area contributed by atoms with E-state index >= 15 is 0 Å². The normalized spacial score (nSPS) is 9.64. The second-order valence-corrected chi connectivity index (χ2v) is 2.44. The molecular formula is C9H12N2. The molecule has 0 aliphatic carbocycles. The fraction of sp³-hybridized carbons (Fsp3) is 0.222. The molecule has 58 valence electrons. The Bertz CT molecular complexity index is 266. The molecule has 2 heteroatoms. The van der Waals surface area contributed by atoms with Crippen LogP contribution in [0.5, 0.6) is 0 Å². The number of pyridine rings is 1. The van der Waals surface area contributed by atoms with Gasteiger partial charge in [-0.2, -0.15) is 0 Å². The van der Waals surface area contributed by atoms with Crippen LogP contribution in [-0.2, 0) is 6.54 Å². The van der Waals surface area contributed by atoms with Crippen molar-refractivity contribution in [1.29, 1.82) is 0 Å². The van der Waals surface area contributed by atoms with Crippen LogP contribution in [0.3, 0.4) is 0 Å². The number of rotatable bonds is 2. The van der Waals surface area contributed by atoms with Crippen LogP contribution in [0, 0.1) is 6.92 Å². The van der Waals surface area contributed by atoms with Gasteiger partial charge in [0.2, 0.25) is 0 Å². The van der Waals surface area contributed by atoms with Crippen molar-refractivity contribution < 1.29 is 0 Å². The summed E-state index contributed by atoms with van der Waals surface area (Å²) in [6.07, 6.45) is 3.59. The lowest BCUT2D eigenvalue weighted by Gasteiger charge is -2.01. The quantitative estimate of drug-likeness (QED) is 0.690. The van der Waals surface area contributed by atoms with Gasteiger partial charge in [0, 0.05) is 12.7 Å². The first-order chi connectivity index (χ1) is 5.27. The standard InChI is InChI=1S/C9H12N2/c1-3-8-6-11-9(5-10)4-7(8)2/h3-4,6H,1,5,10H2,2H3. The first-order valence-electron chi connectivity index (χ1n) is 3.56. The Balaban J connectivity index is 3.09. The Hall–Kier alpha value is -1.15. The zero-order valence-electron chi connectivity index (χ0n) is 6.67. The maximum Gasteiger partial charge on any atom is 0.0542 e. The summed E-state index contributed by atoms with van der Waals surface area (Å²) in [6.45, 7) is 6.20. The molecule has 2 nitrogen and oxygen atoms in total. The van der Waals surface area contributed by atoms with E-state index in [0.717, 1.165) is 11.3 Å². The topological polar surface area (TPSA) is 38.9 Å². The summed E-state index contributed by atoms with van der Waals surface area (Å²) in [6, 6.07) is 1.98. The Labute approximate surface area is 66.8 Å². The third-order valence-corrected chi connectivity index (χ3v) is 1.64. The molecule has 0 aromatic carbocycles. The highest BCUT2D eigenvalue weighted by atomic mass is 14.7. The third-order valence-electron chi connectivity index (χ3n) is 1.64. The van der Waals surface area contributed by atoms with Crippen LogP contribution in [0.25, 0.3) is 6.08 Å². The first kappa shape index (κ1) is 7.95. The molecule has 2 N–H and O–H groups in total. The lowest BCUT2D eigenvalue weighted by molar-refractivity contribution is 0.982. The summed E-state index contributed by atoms with van der Waals surface area (Å²) in [4.78, 5) is 4.13. The maximum atomic E-state index is 5.42. The molecule has 0 atom stereocenters. The van der Waals surface area contributed by atoms with E-state index in [-0.39, 0.29) is 0 Å². The Kier molecular flexibility index (Phi) is 2.39. The fourth-order valence-corrected chi connectivity index (χ4v) is 0.950. The van der Waals surface area contributed by atoms with Gasteiger partial charge in [-0.05, 0) is 24.1 Å². The van der Waals surface area contributed by atoms with E-state index in [0.29, 0.717) is 6.54 Å². The molecule has 1 heterocycles.